The van der Waals surface area contributed by atoms with Crippen LogP contribution < -0.4 is 65.1 Å². The highest BCUT2D eigenvalue weighted by molar-refractivity contribution is 7.91. The molecule has 7 aromatic carbocycles. The van der Waals surface area contributed by atoms with Gasteiger partial charge in [-0.1, -0.05) is 167 Å². The number of hydrogen-bond acceptors (Lipinski definition) is 22. The monoisotopic (exact) mass is 2030 g/mol. The van der Waals surface area contributed by atoms with Crippen molar-refractivity contribution in [2.75, 3.05) is 122 Å². The number of carbonyl (C=O) groups excluding carboxylic acids is 10. The minimum absolute atomic E-state index is 0.0157. The number of aryl methyl sites for hydroxylation is 1. The van der Waals surface area contributed by atoms with Crippen molar-refractivity contribution in [1.82, 2.24) is 51.6 Å². The number of fused-ring (bicyclic) bond motifs is 1. The van der Waals surface area contributed by atoms with Gasteiger partial charge in [0, 0.05) is 161 Å². The fourth-order valence-electron chi connectivity index (χ4n) is 12.9. The number of sulfone groups is 1. The summed E-state index contributed by atoms with van der Waals surface area (Å²) in [7, 11) is -6.85. The molecule has 0 aliphatic rings. The number of aromatic amines is 1. The number of amides is 10. The second-order valence-electron chi connectivity index (χ2n) is 30.9. The molecule has 20 N–H and O–H groups in total. The number of hydroxylamine groups is 3. The molecular formula is C96H133Cl4N16O20PS. The highest BCUT2D eigenvalue weighted by atomic mass is 35.5. The first-order valence-corrected chi connectivity index (χ1v) is 50.4. The fraction of sp³-hybridized carbons (Fsp3) is 0.406. The average Bonchev–Trinajstić information content (AvgIpc) is 1.04. The Morgan fingerprint density at radius 2 is 1.09 bits per heavy atom. The lowest BCUT2D eigenvalue weighted by Crippen LogP contribution is -2.53. The Balaban J connectivity index is 0.000000466. The summed E-state index contributed by atoms with van der Waals surface area (Å²) >= 11 is 23.7. The maximum atomic E-state index is 14.2. The van der Waals surface area contributed by atoms with Crippen molar-refractivity contribution >= 4 is 174 Å². The van der Waals surface area contributed by atoms with Crippen LogP contribution >= 0.6 is 54.1 Å². The third-order valence-corrected chi connectivity index (χ3v) is 25.4. The summed E-state index contributed by atoms with van der Waals surface area (Å²) in [5, 5.41) is 63.2. The molecule has 0 saturated heterocycles. The van der Waals surface area contributed by atoms with Crippen molar-refractivity contribution < 1.29 is 96.1 Å². The van der Waals surface area contributed by atoms with Crippen LogP contribution in [0.4, 0.5) is 28.4 Å². The lowest BCUT2D eigenvalue weighted by atomic mass is 10.0. The Bertz CT molecular complexity index is 5150. The van der Waals surface area contributed by atoms with E-state index in [4.69, 9.17) is 83.1 Å². The van der Waals surface area contributed by atoms with Crippen molar-refractivity contribution in [3.05, 3.63) is 228 Å². The van der Waals surface area contributed by atoms with Gasteiger partial charge < -0.3 is 68.4 Å². The molecule has 4 atom stereocenters. The number of aromatic nitrogens is 1. The van der Waals surface area contributed by atoms with Gasteiger partial charge >= 0.3 is 13.6 Å². The highest BCUT2D eigenvalue weighted by Crippen LogP contribution is 2.54. The Morgan fingerprint density at radius 3 is 1.64 bits per heavy atom. The largest absolute Gasteiger partial charge is 0.480 e. The van der Waals surface area contributed by atoms with E-state index in [1.54, 1.807) is 101 Å². The summed E-state index contributed by atoms with van der Waals surface area (Å²) < 4.78 is 49.5. The van der Waals surface area contributed by atoms with Crippen LogP contribution in [0.1, 0.15) is 155 Å². The van der Waals surface area contributed by atoms with E-state index in [9.17, 15) is 70.8 Å². The van der Waals surface area contributed by atoms with Crippen LogP contribution in [0.25, 0.3) is 17.0 Å². The zero-order valence-corrected chi connectivity index (χ0v) is 83.3. The number of nitrogens with two attached hydrogens (primary N) is 2. The lowest BCUT2D eigenvalue weighted by molar-refractivity contribution is -0.139. The van der Waals surface area contributed by atoms with Gasteiger partial charge in [0.05, 0.1) is 36.1 Å². The third kappa shape index (κ3) is 48.9. The molecule has 0 saturated carbocycles. The van der Waals surface area contributed by atoms with Gasteiger partial charge in [0.25, 0.3) is 11.8 Å². The van der Waals surface area contributed by atoms with Crippen LogP contribution in [0, 0.1) is 12.8 Å². The number of carboxylic acid groups (broad SMARTS) is 1. The number of H-pyrrole nitrogens is 1. The normalized spacial score (nSPS) is 11.8. The number of hydrogen-bond donors (Lipinski definition) is 18. The molecule has 1 unspecified atom stereocenters. The van der Waals surface area contributed by atoms with Crippen LogP contribution in [-0.4, -0.2) is 225 Å². The Kier molecular flexibility index (Phi) is 61.0. The summed E-state index contributed by atoms with van der Waals surface area (Å²) in [4.78, 5) is 135. The molecule has 0 bridgehead atoms. The number of unbranched alkanes of at least 4 members (excludes halogenated alkanes) is 5. The van der Waals surface area contributed by atoms with Gasteiger partial charge in [0.15, 0.2) is 9.84 Å². The number of para-hydroxylation sites is 4. The van der Waals surface area contributed by atoms with E-state index in [2.05, 4.69) is 65.4 Å². The van der Waals surface area contributed by atoms with Crippen LogP contribution in [0.5, 0.6) is 0 Å². The standard InChI is InChI=1S/C27H43Cl4N6O9PS.C22H25N3O3.C15H15N3O2.2C15H22N2O3.C2H6/c1-33-26(40)24(20-5-3-2-4-6-20)35-25(39)22(34-23(38)8-7-21(32)27(41)42)19-48(44,45)18-17-46-47(43,36(13-9-28)14-10-29)37(15-11-30)16-12-31;26-14-13-25(12-11-19-15-23-21-4-2-1-3-20(19)21)16-18-7-5-17(6-8-18)9-10-22(27)24-28;1-10(19)17-12-8-6-11(7-9-12)15(20)18-14-5-3-2-4-13(14)16;1-12(8-4-2-7-11-14(18)17-20)15(19)16-13-9-5-3-6-10-13;1-12-8-10-13(11-9-12)16-14(18)6-4-2-3-5-7-15(19)17-20;1-2/h2-6,21-22,24H,7-19,32H2,1H3,(H,33,40)(H,34,38)(H,35,39)(H,41,42);1-10,15,23,26,28H,11-14,16H2,(H,24,27);2-9H,16H2,1H3,(H,17,19)(H,18,20);3,5-6,9-10,12,20H,2,4,7-8,11H2,1H3,(H,16,19)(H,17,18);8-11,20H,2-7H2,1H3,(H,16,18)(H,17,19);1-2H3/b;10-9+;;;;/t21-,22-,24+;;;;;/m0...../s1. The smallest absolute Gasteiger partial charge is 0.346 e. The van der Waals surface area contributed by atoms with Crippen LogP contribution in [0.2, 0.25) is 0 Å². The molecule has 0 radical (unpaired) electrons. The number of halogens is 4. The molecule has 1 heterocycles. The summed E-state index contributed by atoms with van der Waals surface area (Å²) in [6.45, 7) is 11.4. The molecular weight excluding hydrogens is 1900 g/mol. The topological polar surface area (TPSA) is 547 Å². The number of aliphatic hydroxyl groups is 1. The molecule has 8 aromatic rings. The molecule has 8 rings (SSSR count). The number of aliphatic carboxylic acids is 1. The van der Waals surface area contributed by atoms with Crippen molar-refractivity contribution in [3.63, 3.8) is 0 Å². The Morgan fingerprint density at radius 1 is 0.565 bits per heavy atom. The lowest BCUT2D eigenvalue weighted by Gasteiger charge is -2.37. The highest BCUT2D eigenvalue weighted by Gasteiger charge is 2.39. The number of alkyl halides is 4. The van der Waals surface area contributed by atoms with Gasteiger partial charge in [-0.05, 0) is 141 Å². The van der Waals surface area contributed by atoms with E-state index in [1.807, 2.05) is 119 Å². The first kappa shape index (κ1) is 121. The van der Waals surface area contributed by atoms with Gasteiger partial charge in [-0.15, -0.1) is 46.4 Å². The molecule has 756 valence electrons. The molecule has 36 nitrogen and oxygen atoms in total. The first-order chi connectivity index (χ1) is 66.2. The number of anilines is 5. The van der Waals surface area contributed by atoms with Crippen molar-refractivity contribution in [2.45, 2.75) is 149 Å². The molecule has 10 amide bonds. The second-order valence-corrected chi connectivity index (χ2v) is 37.0. The van der Waals surface area contributed by atoms with E-state index in [1.165, 1.54) is 40.3 Å². The number of likely N-dealkylation sites (N-methyl/N-ethyl adjacent to an activating group) is 1. The van der Waals surface area contributed by atoms with E-state index >= 15 is 0 Å². The van der Waals surface area contributed by atoms with E-state index in [0.717, 1.165) is 104 Å². The fourth-order valence-corrected chi connectivity index (χ4v) is 18.0. The molecule has 0 aliphatic carbocycles. The van der Waals surface area contributed by atoms with Crippen LogP contribution in [0.3, 0.4) is 0 Å². The molecule has 0 aliphatic heterocycles. The Labute approximate surface area is 826 Å². The summed E-state index contributed by atoms with van der Waals surface area (Å²) in [5.41, 5.74) is 25.8. The minimum atomic E-state index is -4.25. The first-order valence-electron chi connectivity index (χ1n) is 44.9. The summed E-state index contributed by atoms with van der Waals surface area (Å²) in [6.07, 6.45) is 12.9. The second kappa shape index (κ2) is 69.6. The van der Waals surface area contributed by atoms with Gasteiger partial charge in [0.2, 0.25) is 47.3 Å². The van der Waals surface area contributed by atoms with Gasteiger partial charge in [0.1, 0.15) is 18.1 Å². The SMILES string of the molecule is CC.CC(=O)Nc1ccc(C(=O)Nc2ccccc2N)cc1.CC(CCCCCC(=O)NO)C(=O)Nc1ccccc1.CNC(=O)[C@H](NC(=O)[C@H](CS(=O)(=O)CCOP(=O)(N(CCCl)CCCl)N(CCCl)CCCl)NC(=O)CC[C@H](N)C(=O)O)c1ccccc1.Cc1ccc(NC(=O)CCCCCCC(=O)NO)cc1.O=C(/C=C/c1ccc(CN(CCO)CCc2c[nH]c3ccccc23)cc1)NO. The average molecular weight is 2040 g/mol. The van der Waals surface area contributed by atoms with E-state index < -0.39 is 89.8 Å². The maximum absolute atomic E-state index is 14.2. The number of carboxylic acids is 1. The molecule has 42 heteroatoms. The van der Waals surface area contributed by atoms with E-state index in [0.29, 0.717) is 54.0 Å². The van der Waals surface area contributed by atoms with Gasteiger partial charge in [-0.2, -0.15) is 0 Å². The van der Waals surface area contributed by atoms with Crippen molar-refractivity contribution in [1.29, 1.82) is 0 Å². The number of carbonyl (C=O) groups is 11. The minimum Gasteiger partial charge on any atom is -0.480 e. The predicted molar refractivity (Wildman–Crippen MR) is 542 cm³/mol. The maximum Gasteiger partial charge on any atom is 0.346 e. The zero-order valence-electron chi connectivity index (χ0n) is 78.6. The number of nitrogen functional groups attached to an aromatic ring is 1. The zero-order chi connectivity index (χ0) is 102. The van der Waals surface area contributed by atoms with E-state index in [-0.39, 0.29) is 104 Å². The number of nitrogens with one attached hydrogen (secondary N) is 11. The predicted octanol–water partition coefficient (Wildman–Crippen LogP) is 13.1. The number of benzene rings is 7. The van der Waals surface area contributed by atoms with Crippen LogP contribution in [-0.2, 0) is 79.8 Å². The quantitative estimate of drug-likeness (QED) is 0.00320. The van der Waals surface area contributed by atoms with Gasteiger partial charge in [-0.3, -0.25) is 77.8 Å². The number of nitrogens with zero attached hydrogens (tertiary/aromatic N) is 3. The Hall–Kier alpha value is -11.2. The summed E-state index contributed by atoms with van der Waals surface area (Å²) in [5.74, 6) is -6.96. The van der Waals surface area contributed by atoms with Crippen molar-refractivity contribution in [2.24, 2.45) is 11.7 Å². The molecule has 138 heavy (non-hydrogen) atoms. The summed E-state index contributed by atoms with van der Waals surface area (Å²) in [6, 6.07) is 50.7. The van der Waals surface area contributed by atoms with Crippen LogP contribution in [0.15, 0.2) is 194 Å². The molecule has 0 fully saturated rings. The molecule has 1 aromatic heterocycles. The third-order valence-electron chi connectivity index (χ3n) is 20.3. The number of aliphatic hydroxyl groups excluding tert-OH is 1. The molecule has 0 spiro atoms. The number of rotatable bonds is 53. The van der Waals surface area contributed by atoms with Gasteiger partial charge in [-0.25, -0.2) is 34.2 Å². The van der Waals surface area contributed by atoms with Crippen molar-refractivity contribution in [3.8, 4) is 0 Å².